The van der Waals surface area contributed by atoms with Gasteiger partial charge in [-0.25, -0.2) is 0 Å². The number of benzene rings is 2. The molecule has 3 aromatic rings. The van der Waals surface area contributed by atoms with E-state index in [-0.39, 0.29) is 19.0 Å². The van der Waals surface area contributed by atoms with Crippen LogP contribution in [-0.4, -0.2) is 34.5 Å². The highest BCUT2D eigenvalue weighted by Gasteiger charge is 2.11. The van der Waals surface area contributed by atoms with E-state index in [2.05, 4.69) is 36.8 Å². The van der Waals surface area contributed by atoms with Crippen molar-refractivity contribution in [3.63, 3.8) is 0 Å². The number of H-pyrrole nitrogens is 1. The van der Waals surface area contributed by atoms with Gasteiger partial charge in [-0.05, 0) is 35.9 Å². The quantitative estimate of drug-likeness (QED) is 0.433. The molecular formula is C20H18BrN5O3. The molecule has 0 spiro atoms. The summed E-state index contributed by atoms with van der Waals surface area (Å²) in [7, 11) is 0. The monoisotopic (exact) mass is 455 g/mol. The first kappa shape index (κ1) is 20.3. The second-order valence-corrected chi connectivity index (χ2v) is 7.12. The van der Waals surface area contributed by atoms with Gasteiger partial charge in [-0.2, -0.15) is 5.10 Å². The number of hydrogen-bond acceptors (Lipinski definition) is 4. The van der Waals surface area contributed by atoms with Crippen molar-refractivity contribution < 1.29 is 14.4 Å². The van der Waals surface area contributed by atoms with E-state index in [4.69, 9.17) is 5.73 Å². The lowest BCUT2D eigenvalue weighted by molar-refractivity contribution is -0.117. The van der Waals surface area contributed by atoms with Gasteiger partial charge in [0.2, 0.25) is 5.91 Å². The van der Waals surface area contributed by atoms with Crippen LogP contribution >= 0.6 is 15.9 Å². The average molecular weight is 456 g/mol. The lowest BCUT2D eigenvalue weighted by Gasteiger charge is -2.06. The van der Waals surface area contributed by atoms with Crippen LogP contribution in [0.4, 0.5) is 0 Å². The molecule has 148 valence electrons. The smallest absolute Gasteiger partial charge is 0.269 e. The van der Waals surface area contributed by atoms with Gasteiger partial charge in [-0.1, -0.05) is 40.2 Å². The van der Waals surface area contributed by atoms with Crippen molar-refractivity contribution in [3.05, 3.63) is 75.9 Å². The summed E-state index contributed by atoms with van der Waals surface area (Å²) in [5.74, 6) is -1.29. The van der Waals surface area contributed by atoms with Gasteiger partial charge in [0, 0.05) is 22.1 Å². The van der Waals surface area contributed by atoms with Crippen LogP contribution < -0.4 is 16.4 Å². The van der Waals surface area contributed by atoms with Crippen molar-refractivity contribution in [2.45, 2.75) is 6.54 Å². The molecule has 0 aliphatic rings. The zero-order chi connectivity index (χ0) is 20.8. The zero-order valence-corrected chi connectivity index (χ0v) is 16.8. The zero-order valence-electron chi connectivity index (χ0n) is 15.2. The molecule has 5 N–H and O–H groups in total. The number of amides is 3. The Morgan fingerprint density at radius 1 is 0.966 bits per heavy atom. The van der Waals surface area contributed by atoms with Crippen LogP contribution in [0.2, 0.25) is 0 Å². The number of primary amides is 1. The molecule has 9 heteroatoms. The first-order valence-corrected chi connectivity index (χ1v) is 9.46. The fourth-order valence-electron chi connectivity index (χ4n) is 2.53. The van der Waals surface area contributed by atoms with Crippen molar-refractivity contribution >= 4 is 33.7 Å². The van der Waals surface area contributed by atoms with Crippen LogP contribution in [0.25, 0.3) is 11.3 Å². The van der Waals surface area contributed by atoms with Gasteiger partial charge in [-0.15, -0.1) is 0 Å². The van der Waals surface area contributed by atoms with Crippen LogP contribution in [0.15, 0.2) is 59.1 Å². The van der Waals surface area contributed by atoms with Gasteiger partial charge < -0.3 is 16.4 Å². The standard InChI is InChI=1S/C20H18BrN5O3/c21-15-7-5-13(6-8-15)16-9-17(26-25-16)20(29)23-10-12-1-3-14(4-2-12)19(28)24-11-18(22)27/h1-9H,10-11H2,(H2,22,27)(H,23,29)(H,24,28)(H,25,26). The summed E-state index contributed by atoms with van der Waals surface area (Å²) < 4.78 is 0.964. The Balaban J connectivity index is 1.56. The van der Waals surface area contributed by atoms with Crippen LogP contribution in [-0.2, 0) is 11.3 Å². The highest BCUT2D eigenvalue weighted by atomic mass is 79.9. The van der Waals surface area contributed by atoms with E-state index in [1.165, 1.54) is 0 Å². The van der Waals surface area contributed by atoms with Crippen LogP contribution in [0.3, 0.4) is 0 Å². The maximum absolute atomic E-state index is 12.3. The molecule has 0 atom stereocenters. The number of carbonyl (C=O) groups is 3. The number of carbonyl (C=O) groups excluding carboxylic acids is 3. The summed E-state index contributed by atoms with van der Waals surface area (Å²) in [6, 6.07) is 16.0. The molecule has 8 nitrogen and oxygen atoms in total. The van der Waals surface area contributed by atoms with Crippen LogP contribution in [0.1, 0.15) is 26.4 Å². The molecule has 1 aromatic heterocycles. The predicted octanol–water partition coefficient (Wildman–Crippen LogP) is 1.98. The van der Waals surface area contributed by atoms with E-state index in [1.54, 1.807) is 30.3 Å². The molecule has 0 bridgehead atoms. The highest BCUT2D eigenvalue weighted by molar-refractivity contribution is 9.10. The maximum atomic E-state index is 12.3. The topological polar surface area (TPSA) is 130 Å². The van der Waals surface area contributed by atoms with E-state index < -0.39 is 11.8 Å². The minimum absolute atomic E-state index is 0.219. The predicted molar refractivity (Wildman–Crippen MR) is 111 cm³/mol. The molecule has 3 amide bonds. The summed E-state index contributed by atoms with van der Waals surface area (Å²) in [6.45, 7) is 0.0672. The molecule has 0 fully saturated rings. The highest BCUT2D eigenvalue weighted by Crippen LogP contribution is 2.20. The minimum Gasteiger partial charge on any atom is -0.368 e. The number of hydrogen-bond donors (Lipinski definition) is 4. The van der Waals surface area contributed by atoms with E-state index in [1.807, 2.05) is 24.3 Å². The van der Waals surface area contributed by atoms with Gasteiger partial charge in [-0.3, -0.25) is 19.5 Å². The summed E-state index contributed by atoms with van der Waals surface area (Å²) >= 11 is 3.38. The lowest BCUT2D eigenvalue weighted by atomic mass is 10.1. The summed E-state index contributed by atoms with van der Waals surface area (Å²) in [6.07, 6.45) is 0. The second kappa shape index (κ2) is 9.16. The van der Waals surface area contributed by atoms with Crippen LogP contribution in [0, 0.1) is 0 Å². The molecule has 29 heavy (non-hydrogen) atoms. The molecule has 0 saturated carbocycles. The largest absolute Gasteiger partial charge is 0.368 e. The van der Waals surface area contributed by atoms with Gasteiger partial charge >= 0.3 is 0 Å². The third-order valence-corrected chi connectivity index (χ3v) is 4.58. The third-order valence-electron chi connectivity index (χ3n) is 4.05. The first-order valence-electron chi connectivity index (χ1n) is 8.67. The number of rotatable bonds is 7. The molecule has 0 unspecified atom stereocenters. The fourth-order valence-corrected chi connectivity index (χ4v) is 2.79. The molecule has 2 aromatic carbocycles. The van der Waals surface area contributed by atoms with E-state index in [9.17, 15) is 14.4 Å². The van der Waals surface area contributed by atoms with E-state index in [0.29, 0.717) is 17.0 Å². The molecular weight excluding hydrogens is 438 g/mol. The summed E-state index contributed by atoms with van der Waals surface area (Å²) in [5, 5.41) is 12.1. The molecule has 0 radical (unpaired) electrons. The van der Waals surface area contributed by atoms with Gasteiger partial charge in [0.15, 0.2) is 0 Å². The van der Waals surface area contributed by atoms with E-state index >= 15 is 0 Å². The van der Waals surface area contributed by atoms with Crippen molar-refractivity contribution in [1.82, 2.24) is 20.8 Å². The Morgan fingerprint density at radius 3 is 2.31 bits per heavy atom. The molecule has 3 rings (SSSR count). The SMILES string of the molecule is NC(=O)CNC(=O)c1ccc(CNC(=O)c2cc(-c3ccc(Br)cc3)n[nH]2)cc1. The fraction of sp³-hybridized carbons (Fsp3) is 0.100. The number of nitrogens with one attached hydrogen (secondary N) is 3. The number of aromatic nitrogens is 2. The minimum atomic E-state index is -0.611. The third kappa shape index (κ3) is 5.52. The summed E-state index contributed by atoms with van der Waals surface area (Å²) in [4.78, 5) is 34.9. The first-order chi connectivity index (χ1) is 13.9. The number of nitrogens with two attached hydrogens (primary N) is 1. The van der Waals surface area contributed by atoms with Gasteiger partial charge in [0.05, 0.1) is 12.2 Å². The Kier molecular flexibility index (Phi) is 6.40. The normalized spacial score (nSPS) is 10.4. The van der Waals surface area contributed by atoms with Crippen LogP contribution in [0.5, 0.6) is 0 Å². The van der Waals surface area contributed by atoms with Gasteiger partial charge in [0.25, 0.3) is 11.8 Å². The van der Waals surface area contributed by atoms with Crippen molar-refractivity contribution in [3.8, 4) is 11.3 Å². The second-order valence-electron chi connectivity index (χ2n) is 6.20. The average Bonchev–Trinajstić information content (AvgIpc) is 3.21. The Hall–Kier alpha value is -3.46. The van der Waals surface area contributed by atoms with Crippen molar-refractivity contribution in [1.29, 1.82) is 0 Å². The number of aromatic amines is 1. The van der Waals surface area contributed by atoms with Crippen molar-refractivity contribution in [2.75, 3.05) is 6.54 Å². The lowest BCUT2D eigenvalue weighted by Crippen LogP contribution is -2.33. The Labute approximate surface area is 175 Å². The molecule has 0 saturated heterocycles. The Bertz CT molecular complexity index is 1030. The van der Waals surface area contributed by atoms with Gasteiger partial charge in [0.1, 0.15) is 5.69 Å². The number of halogens is 1. The maximum Gasteiger partial charge on any atom is 0.269 e. The molecule has 0 aliphatic carbocycles. The summed E-state index contributed by atoms with van der Waals surface area (Å²) in [5.41, 5.74) is 8.13. The van der Waals surface area contributed by atoms with E-state index in [0.717, 1.165) is 15.6 Å². The van der Waals surface area contributed by atoms with Crippen molar-refractivity contribution in [2.24, 2.45) is 5.73 Å². The Morgan fingerprint density at radius 2 is 1.66 bits per heavy atom. The molecule has 0 aliphatic heterocycles. The molecule has 1 heterocycles. The number of nitrogens with zero attached hydrogens (tertiary/aromatic N) is 1.